The molecule has 0 aliphatic rings. The third kappa shape index (κ3) is 4.50. The van der Waals surface area contributed by atoms with Gasteiger partial charge in [0.25, 0.3) is 0 Å². The zero-order chi connectivity index (χ0) is 17.3. The Labute approximate surface area is 149 Å². The summed E-state index contributed by atoms with van der Waals surface area (Å²) in [6.07, 6.45) is 9.29. The molecule has 0 nitrogen and oxygen atoms in total. The largest absolute Gasteiger partial charge is 0.0654 e. The van der Waals surface area contributed by atoms with Crippen LogP contribution in [0.2, 0.25) is 0 Å². The quantitative estimate of drug-likeness (QED) is 0.400. The molecule has 0 fully saturated rings. The summed E-state index contributed by atoms with van der Waals surface area (Å²) < 4.78 is 0. The monoisotopic (exact) mass is 322 g/mol. The van der Waals surface area contributed by atoms with E-state index < -0.39 is 0 Å². The molecule has 0 radical (unpaired) electrons. The lowest BCUT2D eigenvalue weighted by Gasteiger charge is -2.39. The summed E-state index contributed by atoms with van der Waals surface area (Å²) in [5, 5.41) is 0. The fraction of sp³-hybridized carbons (Fsp3) is 0.500. The topological polar surface area (TPSA) is 0 Å². The molecule has 0 heteroatoms. The maximum atomic E-state index is 2.47. The number of hydrogen-bond acceptors (Lipinski definition) is 0. The molecule has 0 N–H and O–H groups in total. The van der Waals surface area contributed by atoms with Gasteiger partial charge in [-0.2, -0.15) is 0 Å². The fourth-order valence-electron chi connectivity index (χ4n) is 4.09. The SMILES string of the molecule is CCCCCCC(CCC)C(C)(c1ccccc1)c1ccccc1. The average molecular weight is 323 g/mol. The Kier molecular flexibility index (Phi) is 7.56. The summed E-state index contributed by atoms with van der Waals surface area (Å²) in [5.41, 5.74) is 3.03. The highest BCUT2D eigenvalue weighted by molar-refractivity contribution is 5.39. The van der Waals surface area contributed by atoms with Crippen LogP contribution in [-0.2, 0) is 5.41 Å². The van der Waals surface area contributed by atoms with Crippen LogP contribution in [0.15, 0.2) is 60.7 Å². The first kappa shape index (κ1) is 18.8. The molecular weight excluding hydrogens is 288 g/mol. The van der Waals surface area contributed by atoms with Crippen LogP contribution in [0.1, 0.15) is 76.8 Å². The van der Waals surface area contributed by atoms with Crippen molar-refractivity contribution in [3.63, 3.8) is 0 Å². The van der Waals surface area contributed by atoms with Crippen LogP contribution in [0.4, 0.5) is 0 Å². The molecule has 0 bridgehead atoms. The van der Waals surface area contributed by atoms with E-state index in [-0.39, 0.29) is 5.41 Å². The van der Waals surface area contributed by atoms with Gasteiger partial charge in [-0.3, -0.25) is 0 Å². The van der Waals surface area contributed by atoms with E-state index in [9.17, 15) is 0 Å². The summed E-state index contributed by atoms with van der Waals surface area (Å²) in [6, 6.07) is 22.3. The van der Waals surface area contributed by atoms with E-state index in [1.54, 1.807) is 0 Å². The summed E-state index contributed by atoms with van der Waals surface area (Å²) in [5.74, 6) is 0.698. The van der Waals surface area contributed by atoms with Gasteiger partial charge in [-0.1, -0.05) is 114 Å². The number of benzene rings is 2. The Morgan fingerprint density at radius 2 is 1.21 bits per heavy atom. The first-order chi connectivity index (χ1) is 11.7. The molecule has 0 aliphatic heterocycles. The molecule has 2 aromatic carbocycles. The predicted molar refractivity (Wildman–Crippen MR) is 106 cm³/mol. The summed E-state index contributed by atoms with van der Waals surface area (Å²) in [6.45, 7) is 7.09. The van der Waals surface area contributed by atoms with Crippen molar-refractivity contribution in [2.45, 2.75) is 71.1 Å². The van der Waals surface area contributed by atoms with Gasteiger partial charge in [0.2, 0.25) is 0 Å². The molecular formula is C24H34. The molecule has 0 saturated carbocycles. The number of hydrogen-bond donors (Lipinski definition) is 0. The lowest BCUT2D eigenvalue weighted by molar-refractivity contribution is 0.291. The average Bonchev–Trinajstić information content (AvgIpc) is 2.65. The molecule has 2 rings (SSSR count). The van der Waals surface area contributed by atoms with Crippen LogP contribution in [0, 0.1) is 5.92 Å². The highest BCUT2D eigenvalue weighted by Crippen LogP contribution is 2.43. The second-order valence-corrected chi connectivity index (χ2v) is 7.27. The van der Waals surface area contributed by atoms with Crippen molar-refractivity contribution in [2.75, 3.05) is 0 Å². The zero-order valence-corrected chi connectivity index (χ0v) is 15.8. The first-order valence-corrected chi connectivity index (χ1v) is 9.84. The molecule has 130 valence electrons. The molecule has 1 unspecified atom stereocenters. The highest BCUT2D eigenvalue weighted by atomic mass is 14.4. The molecule has 0 spiro atoms. The van der Waals surface area contributed by atoms with Crippen LogP contribution >= 0.6 is 0 Å². The van der Waals surface area contributed by atoms with Gasteiger partial charge < -0.3 is 0 Å². The van der Waals surface area contributed by atoms with E-state index in [1.807, 2.05) is 0 Å². The fourth-order valence-corrected chi connectivity index (χ4v) is 4.09. The minimum absolute atomic E-state index is 0.102. The minimum Gasteiger partial charge on any atom is -0.0654 e. The lowest BCUT2D eigenvalue weighted by atomic mass is 9.64. The van der Waals surface area contributed by atoms with Crippen molar-refractivity contribution in [3.8, 4) is 0 Å². The molecule has 0 amide bonds. The van der Waals surface area contributed by atoms with Gasteiger partial charge in [0, 0.05) is 5.41 Å². The van der Waals surface area contributed by atoms with Crippen LogP contribution in [0.25, 0.3) is 0 Å². The standard InChI is InChI=1S/C24H34/c1-4-6-7-10-16-21(15-5-2)24(3,22-17-11-8-12-18-22)23-19-13-9-14-20-23/h8-9,11-14,17-21H,4-7,10,15-16H2,1-3H3. The predicted octanol–water partition coefficient (Wildman–Crippen LogP) is 7.38. The molecule has 0 aromatic heterocycles. The third-order valence-electron chi connectivity index (χ3n) is 5.61. The Balaban J connectivity index is 2.35. The van der Waals surface area contributed by atoms with Gasteiger partial charge in [-0.05, 0) is 29.9 Å². The van der Waals surface area contributed by atoms with E-state index in [4.69, 9.17) is 0 Å². The molecule has 24 heavy (non-hydrogen) atoms. The van der Waals surface area contributed by atoms with Gasteiger partial charge >= 0.3 is 0 Å². The van der Waals surface area contributed by atoms with Crippen LogP contribution in [-0.4, -0.2) is 0 Å². The van der Waals surface area contributed by atoms with Crippen molar-refractivity contribution < 1.29 is 0 Å². The third-order valence-corrected chi connectivity index (χ3v) is 5.61. The Morgan fingerprint density at radius 1 is 0.667 bits per heavy atom. The first-order valence-electron chi connectivity index (χ1n) is 9.84. The van der Waals surface area contributed by atoms with Gasteiger partial charge in [-0.15, -0.1) is 0 Å². The van der Waals surface area contributed by atoms with Crippen molar-refractivity contribution in [2.24, 2.45) is 5.92 Å². The van der Waals surface area contributed by atoms with Crippen molar-refractivity contribution in [1.82, 2.24) is 0 Å². The van der Waals surface area contributed by atoms with E-state index >= 15 is 0 Å². The minimum atomic E-state index is 0.102. The summed E-state index contributed by atoms with van der Waals surface area (Å²) >= 11 is 0. The Hall–Kier alpha value is -1.56. The van der Waals surface area contributed by atoms with Gasteiger partial charge in [0.15, 0.2) is 0 Å². The summed E-state index contributed by atoms with van der Waals surface area (Å²) in [7, 11) is 0. The van der Waals surface area contributed by atoms with Crippen molar-refractivity contribution in [1.29, 1.82) is 0 Å². The van der Waals surface area contributed by atoms with Crippen LogP contribution < -0.4 is 0 Å². The van der Waals surface area contributed by atoms with E-state index in [0.717, 1.165) is 0 Å². The van der Waals surface area contributed by atoms with Crippen molar-refractivity contribution in [3.05, 3.63) is 71.8 Å². The Bertz CT molecular complexity index is 516. The zero-order valence-electron chi connectivity index (χ0n) is 15.8. The summed E-state index contributed by atoms with van der Waals surface area (Å²) in [4.78, 5) is 0. The highest BCUT2D eigenvalue weighted by Gasteiger charge is 2.36. The molecule has 1 atom stereocenters. The second-order valence-electron chi connectivity index (χ2n) is 7.27. The van der Waals surface area contributed by atoms with Crippen LogP contribution in [0.3, 0.4) is 0 Å². The number of rotatable bonds is 10. The van der Waals surface area contributed by atoms with Crippen LogP contribution in [0.5, 0.6) is 0 Å². The maximum absolute atomic E-state index is 2.47. The number of unbranched alkanes of at least 4 members (excludes halogenated alkanes) is 3. The smallest absolute Gasteiger partial charge is 0.0202 e. The van der Waals surface area contributed by atoms with Gasteiger partial charge in [0.1, 0.15) is 0 Å². The molecule has 0 aliphatic carbocycles. The Morgan fingerprint density at radius 3 is 1.67 bits per heavy atom. The van der Waals surface area contributed by atoms with E-state index in [0.29, 0.717) is 5.92 Å². The molecule has 2 aromatic rings. The maximum Gasteiger partial charge on any atom is 0.0202 e. The van der Waals surface area contributed by atoms with E-state index in [1.165, 1.54) is 56.1 Å². The lowest BCUT2D eigenvalue weighted by Crippen LogP contribution is -2.33. The van der Waals surface area contributed by atoms with Gasteiger partial charge in [0.05, 0.1) is 0 Å². The molecule has 0 heterocycles. The second kappa shape index (κ2) is 9.67. The van der Waals surface area contributed by atoms with Crippen molar-refractivity contribution >= 4 is 0 Å². The normalized spacial score (nSPS) is 13.0. The molecule has 0 saturated heterocycles. The van der Waals surface area contributed by atoms with E-state index in [2.05, 4.69) is 81.4 Å². The van der Waals surface area contributed by atoms with Gasteiger partial charge in [-0.25, -0.2) is 0 Å².